The van der Waals surface area contributed by atoms with Crippen LogP contribution in [0.3, 0.4) is 0 Å². The molecule has 1 aliphatic heterocycles. The summed E-state index contributed by atoms with van der Waals surface area (Å²) in [6, 6.07) is -1.05. The molecule has 1 aliphatic rings. The molecule has 1 heterocycles. The number of rotatable bonds is 6. The van der Waals surface area contributed by atoms with Crippen molar-refractivity contribution < 1.29 is 19.5 Å². The Balaban J connectivity index is 2.53. The Morgan fingerprint density at radius 1 is 1.43 bits per heavy atom. The number of hydrogen-bond donors (Lipinski definition) is 3. The Morgan fingerprint density at radius 2 is 2.05 bits per heavy atom. The number of carboxylic acids is 1. The Bertz CT molecular complexity index is 428. The highest BCUT2D eigenvalue weighted by molar-refractivity contribution is 8.01. The number of amides is 2. The van der Waals surface area contributed by atoms with E-state index in [2.05, 4.69) is 0 Å². The van der Waals surface area contributed by atoms with Crippen molar-refractivity contribution in [3.63, 3.8) is 0 Å². The van der Waals surface area contributed by atoms with Gasteiger partial charge in [-0.2, -0.15) is 0 Å². The number of carbonyl (C=O) groups is 3. The number of nitrogens with zero attached hydrogens (tertiary/aromatic N) is 1. The summed E-state index contributed by atoms with van der Waals surface area (Å²) in [6.07, 6.45) is 1.46. The van der Waals surface area contributed by atoms with Crippen molar-refractivity contribution in [1.29, 1.82) is 0 Å². The first-order valence-electron chi connectivity index (χ1n) is 6.84. The first-order chi connectivity index (χ1) is 9.65. The summed E-state index contributed by atoms with van der Waals surface area (Å²) in [5.74, 6) is -1.74. The molecule has 1 rings (SSSR count). The molecular formula is C13H23N3O4S. The Morgan fingerprint density at radius 3 is 2.57 bits per heavy atom. The zero-order valence-corrected chi connectivity index (χ0v) is 13.2. The lowest BCUT2D eigenvalue weighted by molar-refractivity contribution is -0.139. The van der Waals surface area contributed by atoms with Gasteiger partial charge in [-0.3, -0.25) is 14.4 Å². The second-order valence-electron chi connectivity index (χ2n) is 5.79. The third-order valence-corrected chi connectivity index (χ3v) is 5.15. The fourth-order valence-electron chi connectivity index (χ4n) is 2.16. The highest BCUT2D eigenvalue weighted by Gasteiger charge is 2.34. The van der Waals surface area contributed by atoms with E-state index in [1.165, 1.54) is 11.8 Å². The van der Waals surface area contributed by atoms with Crippen molar-refractivity contribution in [2.45, 2.75) is 37.5 Å². The highest BCUT2D eigenvalue weighted by atomic mass is 32.2. The number of nitrogens with two attached hydrogens (primary N) is 2. The van der Waals surface area contributed by atoms with Crippen LogP contribution in [0.4, 0.5) is 0 Å². The van der Waals surface area contributed by atoms with Gasteiger partial charge in [0.15, 0.2) is 0 Å². The van der Waals surface area contributed by atoms with E-state index in [1.54, 1.807) is 18.7 Å². The molecule has 120 valence electrons. The molecule has 7 nitrogen and oxygen atoms in total. The molecule has 2 amide bonds. The number of primary amides is 1. The lowest BCUT2D eigenvalue weighted by Crippen LogP contribution is -2.48. The summed E-state index contributed by atoms with van der Waals surface area (Å²) in [5, 5.41) is 8.94. The molecule has 0 spiro atoms. The van der Waals surface area contributed by atoms with Crippen LogP contribution in [-0.4, -0.2) is 57.4 Å². The van der Waals surface area contributed by atoms with Crippen molar-refractivity contribution in [3.8, 4) is 0 Å². The quantitative estimate of drug-likeness (QED) is 0.613. The van der Waals surface area contributed by atoms with Gasteiger partial charge in [0.1, 0.15) is 6.04 Å². The van der Waals surface area contributed by atoms with Crippen molar-refractivity contribution in [2.75, 3.05) is 18.8 Å². The largest absolute Gasteiger partial charge is 0.480 e. The second kappa shape index (κ2) is 7.13. The molecule has 0 bridgehead atoms. The second-order valence-corrected chi connectivity index (χ2v) is 7.42. The maximum atomic E-state index is 12.2. The van der Waals surface area contributed by atoms with Gasteiger partial charge in [0.25, 0.3) is 0 Å². The van der Waals surface area contributed by atoms with Gasteiger partial charge in [0.2, 0.25) is 11.8 Å². The fraction of sp³-hybridized carbons (Fsp3) is 0.769. The average molecular weight is 317 g/mol. The average Bonchev–Trinajstić information content (AvgIpc) is 2.43. The van der Waals surface area contributed by atoms with E-state index in [0.29, 0.717) is 19.5 Å². The fourth-order valence-corrected chi connectivity index (χ4v) is 3.12. The normalized spacial score (nSPS) is 20.9. The van der Waals surface area contributed by atoms with Crippen LogP contribution >= 0.6 is 11.8 Å². The maximum Gasteiger partial charge on any atom is 0.321 e. The molecule has 1 saturated heterocycles. The van der Waals surface area contributed by atoms with Gasteiger partial charge in [0, 0.05) is 17.8 Å². The van der Waals surface area contributed by atoms with E-state index in [1.807, 2.05) is 0 Å². The number of carbonyl (C=O) groups excluding carboxylic acids is 2. The molecular weight excluding hydrogens is 294 g/mol. The molecule has 1 unspecified atom stereocenters. The van der Waals surface area contributed by atoms with Crippen LogP contribution in [0.25, 0.3) is 0 Å². The van der Waals surface area contributed by atoms with Gasteiger partial charge >= 0.3 is 5.97 Å². The summed E-state index contributed by atoms with van der Waals surface area (Å²) >= 11 is 1.21. The van der Waals surface area contributed by atoms with Crippen molar-refractivity contribution in [1.82, 2.24) is 4.90 Å². The number of likely N-dealkylation sites (tertiary alicyclic amines) is 1. The molecule has 0 saturated carbocycles. The Labute approximate surface area is 128 Å². The number of piperidine rings is 1. The Hall–Kier alpha value is -1.28. The first kappa shape index (κ1) is 17.8. The molecule has 8 heteroatoms. The summed E-state index contributed by atoms with van der Waals surface area (Å²) in [7, 11) is 0. The minimum atomic E-state index is -1.09. The predicted octanol–water partition coefficient (Wildman–Crippen LogP) is -0.366. The van der Waals surface area contributed by atoms with E-state index < -0.39 is 16.8 Å². The van der Waals surface area contributed by atoms with Crippen molar-refractivity contribution in [2.24, 2.45) is 17.4 Å². The molecule has 0 aromatic heterocycles. The summed E-state index contributed by atoms with van der Waals surface area (Å²) in [4.78, 5) is 35.9. The van der Waals surface area contributed by atoms with Gasteiger partial charge in [-0.1, -0.05) is 0 Å². The molecule has 2 atom stereocenters. The van der Waals surface area contributed by atoms with E-state index in [9.17, 15) is 14.4 Å². The number of thioether (sulfide) groups is 1. The zero-order chi connectivity index (χ0) is 16.2. The molecule has 1 fully saturated rings. The summed E-state index contributed by atoms with van der Waals surface area (Å²) in [5.41, 5.74) is 10.9. The lowest BCUT2D eigenvalue weighted by Gasteiger charge is -2.33. The molecule has 0 aliphatic carbocycles. The molecule has 0 radical (unpaired) electrons. The molecule has 0 aromatic rings. The van der Waals surface area contributed by atoms with Gasteiger partial charge in [-0.25, -0.2) is 0 Å². The maximum absolute atomic E-state index is 12.2. The van der Waals surface area contributed by atoms with Crippen LogP contribution in [0.2, 0.25) is 0 Å². The van der Waals surface area contributed by atoms with E-state index in [0.717, 1.165) is 6.42 Å². The first-order valence-corrected chi connectivity index (χ1v) is 7.83. The lowest BCUT2D eigenvalue weighted by atomic mass is 9.97. The number of carboxylic acid groups (broad SMARTS) is 1. The third-order valence-electron chi connectivity index (χ3n) is 3.76. The summed E-state index contributed by atoms with van der Waals surface area (Å²) < 4.78 is -0.750. The third kappa shape index (κ3) is 4.89. The smallest absolute Gasteiger partial charge is 0.321 e. The standard InChI is InChI=1S/C13H23N3O4S/c1-13(2,10(14)12(19)20)21-7-9(17)16-5-3-4-8(6-16)11(15)18/h8,10H,3-7,14H2,1-2H3,(H2,15,18)(H,19,20)/t8?,10-/m1/s1. The van der Waals surface area contributed by atoms with E-state index >= 15 is 0 Å². The van der Waals surface area contributed by atoms with Gasteiger partial charge < -0.3 is 21.5 Å². The van der Waals surface area contributed by atoms with Crippen LogP contribution in [0, 0.1) is 5.92 Å². The molecule has 0 aromatic carbocycles. The Kier molecular flexibility index (Phi) is 6.03. The minimum absolute atomic E-state index is 0.114. The highest BCUT2D eigenvalue weighted by Crippen LogP contribution is 2.28. The van der Waals surface area contributed by atoms with Crippen LogP contribution in [0.1, 0.15) is 26.7 Å². The van der Waals surface area contributed by atoms with Crippen molar-refractivity contribution in [3.05, 3.63) is 0 Å². The van der Waals surface area contributed by atoms with Crippen molar-refractivity contribution >= 4 is 29.5 Å². The molecule has 5 N–H and O–H groups in total. The molecule has 21 heavy (non-hydrogen) atoms. The number of aliphatic carboxylic acids is 1. The number of hydrogen-bond acceptors (Lipinski definition) is 5. The van der Waals surface area contributed by atoms with Gasteiger partial charge in [-0.05, 0) is 26.7 Å². The van der Waals surface area contributed by atoms with E-state index in [4.69, 9.17) is 16.6 Å². The van der Waals surface area contributed by atoms with Crippen LogP contribution < -0.4 is 11.5 Å². The predicted molar refractivity (Wildman–Crippen MR) is 80.6 cm³/mol. The SMILES string of the molecule is CC(C)(SCC(=O)N1CCCC(C(N)=O)C1)[C@H](N)C(=O)O. The van der Waals surface area contributed by atoms with Crippen LogP contribution in [0.5, 0.6) is 0 Å². The van der Waals surface area contributed by atoms with Gasteiger partial charge in [-0.15, -0.1) is 11.8 Å². The van der Waals surface area contributed by atoms with Crippen LogP contribution in [0.15, 0.2) is 0 Å². The topological polar surface area (TPSA) is 127 Å². The summed E-state index contributed by atoms with van der Waals surface area (Å²) in [6.45, 7) is 4.35. The monoisotopic (exact) mass is 317 g/mol. The van der Waals surface area contributed by atoms with E-state index in [-0.39, 0.29) is 23.5 Å². The zero-order valence-electron chi connectivity index (χ0n) is 12.4. The minimum Gasteiger partial charge on any atom is -0.480 e. The van der Waals surface area contributed by atoms with Crippen LogP contribution in [-0.2, 0) is 14.4 Å². The van der Waals surface area contributed by atoms with Gasteiger partial charge in [0.05, 0.1) is 11.7 Å².